The molecule has 9 nitrogen and oxygen atoms in total. The topological polar surface area (TPSA) is 88.4 Å². The van der Waals surface area contributed by atoms with E-state index in [9.17, 15) is 18.0 Å². The minimum Gasteiger partial charge on any atom is -0.462 e. The molecule has 2 aliphatic rings. The van der Waals surface area contributed by atoms with Crippen LogP contribution in [0.4, 0.5) is 19.0 Å². The van der Waals surface area contributed by atoms with Gasteiger partial charge < -0.3 is 19.9 Å². The molecule has 4 aromatic rings. The SMILES string of the molecule is C[C@H]1CNC[C@H](C)N1c1nc(OC[C@@H]2CCCN2C)nc2c(=O)n(-c3cccc4cccc(Cl)c34)c(C(F)(F)F)nc12. The van der Waals surface area contributed by atoms with Crippen molar-refractivity contribution in [2.24, 2.45) is 0 Å². The molecule has 0 unspecified atom stereocenters. The van der Waals surface area contributed by atoms with Crippen molar-refractivity contribution in [3.05, 3.63) is 57.6 Å². The van der Waals surface area contributed by atoms with E-state index in [0.717, 1.165) is 19.4 Å². The number of aromatic nitrogens is 4. The van der Waals surface area contributed by atoms with Gasteiger partial charge in [-0.25, -0.2) is 4.98 Å². The lowest BCUT2D eigenvalue weighted by molar-refractivity contribution is -0.146. The van der Waals surface area contributed by atoms with Crippen LogP contribution in [-0.2, 0) is 6.18 Å². The number of rotatable bonds is 5. The zero-order valence-corrected chi connectivity index (χ0v) is 24.2. The quantitative estimate of drug-likeness (QED) is 0.353. The monoisotopic (exact) mass is 601 g/mol. The highest BCUT2D eigenvalue weighted by Crippen LogP contribution is 2.36. The number of nitrogens with zero attached hydrogens (tertiary/aromatic N) is 6. The highest BCUT2D eigenvalue weighted by molar-refractivity contribution is 6.36. The largest absolute Gasteiger partial charge is 0.462 e. The number of halogens is 4. The van der Waals surface area contributed by atoms with Crippen molar-refractivity contribution >= 4 is 39.2 Å². The van der Waals surface area contributed by atoms with Crippen LogP contribution in [0.15, 0.2) is 41.2 Å². The fraction of sp³-hybridized carbons (Fsp3) is 0.448. The number of likely N-dealkylation sites (tertiary alicyclic amines) is 1. The first-order valence-corrected chi connectivity index (χ1v) is 14.3. The van der Waals surface area contributed by atoms with Crippen molar-refractivity contribution in [3.8, 4) is 11.7 Å². The fourth-order valence-corrected chi connectivity index (χ4v) is 6.34. The third-order valence-corrected chi connectivity index (χ3v) is 8.47. The van der Waals surface area contributed by atoms with E-state index in [0.29, 0.717) is 28.4 Å². The van der Waals surface area contributed by atoms with Gasteiger partial charge in [-0.1, -0.05) is 35.9 Å². The minimum atomic E-state index is -4.98. The first-order valence-electron chi connectivity index (χ1n) is 14.0. The summed E-state index contributed by atoms with van der Waals surface area (Å²) in [5.74, 6) is -1.24. The molecule has 0 bridgehead atoms. The summed E-state index contributed by atoms with van der Waals surface area (Å²) in [6.45, 7) is 6.27. The number of hydrogen-bond acceptors (Lipinski definition) is 8. The van der Waals surface area contributed by atoms with E-state index in [-0.39, 0.29) is 58.3 Å². The summed E-state index contributed by atoms with van der Waals surface area (Å²) in [5.41, 5.74) is -1.50. The maximum Gasteiger partial charge on any atom is 0.450 e. The van der Waals surface area contributed by atoms with Gasteiger partial charge in [-0.2, -0.15) is 23.1 Å². The van der Waals surface area contributed by atoms with Crippen LogP contribution in [0.5, 0.6) is 6.01 Å². The molecular formula is C29H31ClF3N7O2. The van der Waals surface area contributed by atoms with Gasteiger partial charge >= 0.3 is 12.2 Å². The van der Waals surface area contributed by atoms with Gasteiger partial charge in [0, 0.05) is 36.6 Å². The van der Waals surface area contributed by atoms with Crippen LogP contribution in [0.25, 0.3) is 27.5 Å². The molecule has 3 atom stereocenters. The van der Waals surface area contributed by atoms with Crippen molar-refractivity contribution in [3.63, 3.8) is 0 Å². The Morgan fingerprint density at radius 2 is 1.76 bits per heavy atom. The smallest absolute Gasteiger partial charge is 0.450 e. The number of ether oxygens (including phenoxy) is 1. The number of alkyl halides is 3. The van der Waals surface area contributed by atoms with E-state index in [4.69, 9.17) is 16.3 Å². The molecule has 0 saturated carbocycles. The average Bonchev–Trinajstić information content (AvgIpc) is 3.35. The molecule has 0 spiro atoms. The number of likely N-dealkylation sites (N-methyl/N-ethyl adjacent to an activating group) is 1. The molecule has 2 aliphatic heterocycles. The molecular weight excluding hydrogens is 571 g/mol. The average molecular weight is 602 g/mol. The Labute approximate surface area is 245 Å². The van der Waals surface area contributed by atoms with Crippen molar-refractivity contribution in [1.29, 1.82) is 0 Å². The van der Waals surface area contributed by atoms with E-state index in [2.05, 4.69) is 25.2 Å². The van der Waals surface area contributed by atoms with E-state index < -0.39 is 17.6 Å². The Morgan fingerprint density at radius 1 is 1.05 bits per heavy atom. The molecule has 2 aromatic heterocycles. The Balaban J connectivity index is 1.63. The van der Waals surface area contributed by atoms with Crippen LogP contribution in [-0.4, -0.2) is 75.8 Å². The maximum atomic E-state index is 14.7. The number of fused-ring (bicyclic) bond motifs is 2. The Kier molecular flexibility index (Phi) is 7.48. The van der Waals surface area contributed by atoms with E-state index in [1.165, 1.54) is 6.07 Å². The summed E-state index contributed by atoms with van der Waals surface area (Å²) >= 11 is 6.47. The first-order chi connectivity index (χ1) is 20.0. The second-order valence-corrected chi connectivity index (χ2v) is 11.5. The van der Waals surface area contributed by atoms with E-state index >= 15 is 0 Å². The Morgan fingerprint density at radius 3 is 2.43 bits per heavy atom. The lowest BCUT2D eigenvalue weighted by Gasteiger charge is -2.40. The molecule has 2 aromatic carbocycles. The third kappa shape index (κ3) is 5.05. The zero-order valence-electron chi connectivity index (χ0n) is 23.5. The fourth-order valence-electron chi connectivity index (χ4n) is 6.06. The predicted molar refractivity (Wildman–Crippen MR) is 156 cm³/mol. The Bertz CT molecular complexity index is 1700. The number of anilines is 1. The van der Waals surface area contributed by atoms with Crippen molar-refractivity contribution in [2.75, 3.05) is 38.2 Å². The van der Waals surface area contributed by atoms with Gasteiger partial charge in [0.1, 0.15) is 12.1 Å². The van der Waals surface area contributed by atoms with Crippen LogP contribution in [0, 0.1) is 0 Å². The van der Waals surface area contributed by atoms with Gasteiger partial charge in [0.2, 0.25) is 5.82 Å². The summed E-state index contributed by atoms with van der Waals surface area (Å²) in [6, 6.07) is 9.49. The second-order valence-electron chi connectivity index (χ2n) is 11.1. The summed E-state index contributed by atoms with van der Waals surface area (Å²) in [7, 11) is 2.01. The highest BCUT2D eigenvalue weighted by atomic mass is 35.5. The van der Waals surface area contributed by atoms with Gasteiger partial charge in [0.05, 0.1) is 10.7 Å². The van der Waals surface area contributed by atoms with E-state index in [1.807, 2.05) is 25.8 Å². The zero-order chi connectivity index (χ0) is 29.8. The molecule has 6 rings (SSSR count). The lowest BCUT2D eigenvalue weighted by atomic mass is 10.1. The standard InChI is InChI=1S/C29H31ClF3N7O2/c1-16-13-34-14-17(2)39(16)25-23-24(36-28(37-25)42-15-19-9-6-12-38(19)3)26(41)40(27(35-23)29(31,32)33)21-11-5-8-18-7-4-10-20(30)22(18)21/h4-5,7-8,10-11,16-17,19,34H,6,9,12-15H2,1-3H3/t16-,17-,19-/m0/s1. The van der Waals surface area contributed by atoms with Gasteiger partial charge in [-0.3, -0.25) is 9.36 Å². The summed E-state index contributed by atoms with van der Waals surface area (Å²) in [5, 5.41) is 4.40. The number of hydrogen-bond donors (Lipinski definition) is 1. The molecule has 2 fully saturated rings. The van der Waals surface area contributed by atoms with Crippen molar-refractivity contribution < 1.29 is 17.9 Å². The van der Waals surface area contributed by atoms with Gasteiger partial charge in [0.25, 0.3) is 5.56 Å². The van der Waals surface area contributed by atoms with Crippen LogP contribution in [0.3, 0.4) is 0 Å². The Hall–Kier alpha value is -3.48. The number of nitrogens with one attached hydrogen (secondary N) is 1. The number of benzene rings is 2. The molecule has 0 radical (unpaired) electrons. The first kappa shape index (κ1) is 28.6. The molecule has 0 aliphatic carbocycles. The van der Waals surface area contributed by atoms with Crippen LogP contribution in [0.2, 0.25) is 5.02 Å². The van der Waals surface area contributed by atoms with Gasteiger partial charge in [-0.15, -0.1) is 0 Å². The molecule has 1 N–H and O–H groups in total. The third-order valence-electron chi connectivity index (χ3n) is 8.16. The van der Waals surface area contributed by atoms with E-state index in [1.54, 1.807) is 30.3 Å². The summed E-state index contributed by atoms with van der Waals surface area (Å²) < 4.78 is 50.8. The molecule has 2 saturated heterocycles. The number of piperazine rings is 1. The van der Waals surface area contributed by atoms with Crippen LogP contribution < -0.4 is 20.5 Å². The molecule has 42 heavy (non-hydrogen) atoms. The second kappa shape index (κ2) is 11.0. The van der Waals surface area contributed by atoms with Crippen LogP contribution in [0.1, 0.15) is 32.5 Å². The van der Waals surface area contributed by atoms with Gasteiger partial charge in [-0.05, 0) is 57.8 Å². The molecule has 4 heterocycles. The van der Waals surface area contributed by atoms with Gasteiger partial charge in [0.15, 0.2) is 11.3 Å². The maximum absolute atomic E-state index is 14.7. The van der Waals surface area contributed by atoms with Crippen molar-refractivity contribution in [2.45, 2.75) is 51.0 Å². The highest BCUT2D eigenvalue weighted by Gasteiger charge is 2.40. The predicted octanol–water partition coefficient (Wildman–Crippen LogP) is 4.66. The summed E-state index contributed by atoms with van der Waals surface area (Å²) in [6.07, 6.45) is -3.00. The van der Waals surface area contributed by atoms with Crippen molar-refractivity contribution in [1.82, 2.24) is 29.7 Å². The summed E-state index contributed by atoms with van der Waals surface area (Å²) in [4.78, 5) is 31.4. The lowest BCUT2D eigenvalue weighted by Crippen LogP contribution is -2.55. The minimum absolute atomic E-state index is 0.0380. The molecule has 0 amide bonds. The molecule has 222 valence electrons. The van der Waals surface area contributed by atoms with Crippen LogP contribution >= 0.6 is 11.6 Å². The molecule has 13 heteroatoms. The normalized spacial score (nSPS) is 21.9.